The minimum absolute atomic E-state index is 0.0227. The number of benzene rings is 1. The van der Waals surface area contributed by atoms with Crippen LogP contribution in [0.1, 0.15) is 24.3 Å². The van der Waals surface area contributed by atoms with Crippen molar-refractivity contribution in [1.29, 1.82) is 0 Å². The third kappa shape index (κ3) is 2.76. The summed E-state index contributed by atoms with van der Waals surface area (Å²) in [7, 11) is 1.67. The second-order valence-corrected chi connectivity index (χ2v) is 4.75. The summed E-state index contributed by atoms with van der Waals surface area (Å²) in [6.45, 7) is 2.93. The van der Waals surface area contributed by atoms with Crippen LogP contribution in [0, 0.1) is 0 Å². The van der Waals surface area contributed by atoms with Gasteiger partial charge >= 0.3 is 0 Å². The van der Waals surface area contributed by atoms with Crippen LogP contribution < -0.4 is 10.1 Å². The number of hydrogen-bond acceptors (Lipinski definition) is 3. The van der Waals surface area contributed by atoms with E-state index in [-0.39, 0.29) is 6.04 Å². The van der Waals surface area contributed by atoms with Crippen molar-refractivity contribution in [1.82, 2.24) is 5.32 Å². The van der Waals surface area contributed by atoms with E-state index in [1.165, 1.54) is 0 Å². The van der Waals surface area contributed by atoms with Crippen LogP contribution >= 0.6 is 15.9 Å². The van der Waals surface area contributed by atoms with Gasteiger partial charge in [0.1, 0.15) is 11.5 Å². The Kier molecular flexibility index (Phi) is 4.44. The summed E-state index contributed by atoms with van der Waals surface area (Å²) in [5, 5.41) is 3.41. The Morgan fingerprint density at radius 2 is 2.22 bits per heavy atom. The van der Waals surface area contributed by atoms with Crippen LogP contribution in [0.5, 0.6) is 5.75 Å². The second-order valence-electron chi connectivity index (χ2n) is 3.90. The maximum atomic E-state index is 5.56. The molecule has 1 unspecified atom stereocenters. The lowest BCUT2D eigenvalue weighted by molar-refractivity contribution is 0.411. The molecule has 0 bridgehead atoms. The van der Waals surface area contributed by atoms with Gasteiger partial charge in [-0.25, -0.2) is 0 Å². The highest BCUT2D eigenvalue weighted by molar-refractivity contribution is 9.10. The van der Waals surface area contributed by atoms with Crippen LogP contribution in [0.15, 0.2) is 45.5 Å². The molecular formula is C14H16BrNO2. The van der Waals surface area contributed by atoms with Crippen LogP contribution in [-0.4, -0.2) is 13.7 Å². The van der Waals surface area contributed by atoms with Crippen molar-refractivity contribution in [3.63, 3.8) is 0 Å². The lowest BCUT2D eigenvalue weighted by atomic mass is 10.0. The van der Waals surface area contributed by atoms with E-state index < -0.39 is 0 Å². The van der Waals surface area contributed by atoms with Crippen LogP contribution in [-0.2, 0) is 0 Å². The summed E-state index contributed by atoms with van der Waals surface area (Å²) in [5.41, 5.74) is 1.12. The van der Waals surface area contributed by atoms with Gasteiger partial charge in [-0.2, -0.15) is 0 Å². The molecule has 0 aliphatic carbocycles. The third-order valence-corrected chi connectivity index (χ3v) is 3.40. The van der Waals surface area contributed by atoms with E-state index in [9.17, 15) is 0 Å². The molecule has 0 fully saturated rings. The van der Waals surface area contributed by atoms with E-state index in [2.05, 4.69) is 34.2 Å². The molecule has 2 rings (SSSR count). The fourth-order valence-corrected chi connectivity index (χ4v) is 2.33. The first-order valence-electron chi connectivity index (χ1n) is 5.86. The molecule has 0 aliphatic heterocycles. The number of halogens is 1. The van der Waals surface area contributed by atoms with Gasteiger partial charge in [0.05, 0.1) is 23.9 Å². The average Bonchev–Trinajstić information content (AvgIpc) is 2.82. The van der Waals surface area contributed by atoms with E-state index in [4.69, 9.17) is 9.15 Å². The van der Waals surface area contributed by atoms with E-state index >= 15 is 0 Å². The zero-order valence-corrected chi connectivity index (χ0v) is 12.0. The van der Waals surface area contributed by atoms with Gasteiger partial charge in [-0.1, -0.05) is 19.1 Å². The van der Waals surface area contributed by atoms with E-state index in [1.54, 1.807) is 13.4 Å². The summed E-state index contributed by atoms with van der Waals surface area (Å²) in [4.78, 5) is 0. The van der Waals surface area contributed by atoms with E-state index in [1.807, 2.05) is 24.3 Å². The minimum atomic E-state index is 0.0227. The molecule has 0 spiro atoms. The molecular weight excluding hydrogens is 294 g/mol. The standard InChI is InChI=1S/C14H16BrNO2/c1-3-16-13(14-12(15)7-8-18-14)10-5-4-6-11(9-10)17-2/h4-9,13,16H,3H2,1-2H3. The van der Waals surface area contributed by atoms with Gasteiger partial charge in [-0.05, 0) is 46.2 Å². The van der Waals surface area contributed by atoms with E-state index in [0.717, 1.165) is 28.1 Å². The Bertz CT molecular complexity index is 510. The van der Waals surface area contributed by atoms with Gasteiger partial charge in [-0.3, -0.25) is 0 Å². The van der Waals surface area contributed by atoms with Crippen molar-refractivity contribution in [2.24, 2.45) is 0 Å². The van der Waals surface area contributed by atoms with Crippen LogP contribution in [0.3, 0.4) is 0 Å². The molecule has 2 aromatic rings. The molecule has 18 heavy (non-hydrogen) atoms. The number of nitrogens with one attached hydrogen (secondary N) is 1. The zero-order chi connectivity index (χ0) is 13.0. The van der Waals surface area contributed by atoms with E-state index in [0.29, 0.717) is 0 Å². The Labute approximate surface area is 115 Å². The third-order valence-electron chi connectivity index (χ3n) is 2.74. The van der Waals surface area contributed by atoms with Crippen LogP contribution in [0.25, 0.3) is 0 Å². The molecule has 0 saturated carbocycles. The predicted octanol–water partition coefficient (Wildman–Crippen LogP) is 3.75. The second kappa shape index (κ2) is 6.07. The highest BCUT2D eigenvalue weighted by atomic mass is 79.9. The smallest absolute Gasteiger partial charge is 0.139 e. The Morgan fingerprint density at radius 3 is 2.83 bits per heavy atom. The fourth-order valence-electron chi connectivity index (χ4n) is 1.90. The maximum absolute atomic E-state index is 5.56. The molecule has 0 radical (unpaired) electrons. The highest BCUT2D eigenvalue weighted by Crippen LogP contribution is 2.30. The van der Waals surface area contributed by atoms with Gasteiger partial charge in [0.15, 0.2) is 0 Å². The quantitative estimate of drug-likeness (QED) is 0.913. The molecule has 1 aromatic carbocycles. The number of hydrogen-bond donors (Lipinski definition) is 1. The van der Waals surface area contributed by atoms with Crippen LogP contribution in [0.2, 0.25) is 0 Å². The Hall–Kier alpha value is -1.26. The monoisotopic (exact) mass is 309 g/mol. The predicted molar refractivity (Wildman–Crippen MR) is 74.9 cm³/mol. The van der Waals surface area contributed by atoms with Crippen molar-refractivity contribution in [3.05, 3.63) is 52.4 Å². The average molecular weight is 310 g/mol. The molecule has 1 heterocycles. The zero-order valence-electron chi connectivity index (χ0n) is 10.4. The van der Waals surface area contributed by atoms with Crippen molar-refractivity contribution < 1.29 is 9.15 Å². The molecule has 1 aromatic heterocycles. The molecule has 0 amide bonds. The maximum Gasteiger partial charge on any atom is 0.139 e. The largest absolute Gasteiger partial charge is 0.497 e. The lowest BCUT2D eigenvalue weighted by Crippen LogP contribution is -2.21. The number of rotatable bonds is 5. The van der Waals surface area contributed by atoms with Crippen molar-refractivity contribution in [2.45, 2.75) is 13.0 Å². The highest BCUT2D eigenvalue weighted by Gasteiger charge is 2.19. The van der Waals surface area contributed by atoms with Crippen molar-refractivity contribution >= 4 is 15.9 Å². The van der Waals surface area contributed by atoms with Gasteiger partial charge < -0.3 is 14.5 Å². The van der Waals surface area contributed by atoms with Gasteiger partial charge in [0.2, 0.25) is 0 Å². The summed E-state index contributed by atoms with van der Waals surface area (Å²) >= 11 is 3.50. The van der Waals surface area contributed by atoms with Gasteiger partial charge in [0, 0.05) is 0 Å². The lowest BCUT2D eigenvalue weighted by Gasteiger charge is -2.17. The molecule has 1 N–H and O–H groups in total. The molecule has 0 aliphatic rings. The summed E-state index contributed by atoms with van der Waals surface area (Å²) < 4.78 is 11.8. The first-order valence-corrected chi connectivity index (χ1v) is 6.65. The minimum Gasteiger partial charge on any atom is -0.497 e. The van der Waals surface area contributed by atoms with Gasteiger partial charge in [-0.15, -0.1) is 0 Å². The fraction of sp³-hybridized carbons (Fsp3) is 0.286. The topological polar surface area (TPSA) is 34.4 Å². The Balaban J connectivity index is 2.38. The normalized spacial score (nSPS) is 12.4. The summed E-state index contributed by atoms with van der Waals surface area (Å²) in [6.07, 6.45) is 1.68. The molecule has 4 heteroatoms. The number of ether oxygens (including phenoxy) is 1. The molecule has 0 saturated heterocycles. The number of furan rings is 1. The van der Waals surface area contributed by atoms with Crippen LogP contribution in [0.4, 0.5) is 0 Å². The first kappa shape index (κ1) is 13.2. The van der Waals surface area contributed by atoms with Crippen molar-refractivity contribution in [3.8, 4) is 5.75 Å². The molecule has 1 atom stereocenters. The van der Waals surface area contributed by atoms with Crippen molar-refractivity contribution in [2.75, 3.05) is 13.7 Å². The SMILES string of the molecule is CCNC(c1cccc(OC)c1)c1occc1Br. The molecule has 96 valence electrons. The number of methoxy groups -OCH3 is 1. The summed E-state index contributed by atoms with van der Waals surface area (Å²) in [5.74, 6) is 1.73. The van der Waals surface area contributed by atoms with Gasteiger partial charge in [0.25, 0.3) is 0 Å². The summed E-state index contributed by atoms with van der Waals surface area (Å²) in [6, 6.07) is 9.92. The first-order chi connectivity index (χ1) is 8.76. The molecule has 3 nitrogen and oxygen atoms in total. The Morgan fingerprint density at radius 1 is 1.39 bits per heavy atom.